The zero-order chi connectivity index (χ0) is 15.5. The lowest BCUT2D eigenvalue weighted by Gasteiger charge is -2.48. The molecule has 2 rings (SSSR count). The van der Waals surface area contributed by atoms with Crippen molar-refractivity contribution in [1.82, 2.24) is 10.3 Å². The molecule has 21 heavy (non-hydrogen) atoms. The Morgan fingerprint density at radius 2 is 1.71 bits per heavy atom. The van der Waals surface area contributed by atoms with Gasteiger partial charge in [-0.3, -0.25) is 11.3 Å². The van der Waals surface area contributed by atoms with Crippen LogP contribution >= 0.6 is 0 Å². The normalized spacial score (nSPS) is 19.7. The quantitative estimate of drug-likeness (QED) is 0.647. The summed E-state index contributed by atoms with van der Waals surface area (Å²) in [6.07, 6.45) is 7.45. The van der Waals surface area contributed by atoms with E-state index in [-0.39, 0.29) is 5.54 Å². The molecule has 0 amide bonds. The second-order valence-electron chi connectivity index (χ2n) is 6.85. The first-order valence-electron chi connectivity index (χ1n) is 8.20. The monoisotopic (exact) mass is 289 g/mol. The van der Waals surface area contributed by atoms with Crippen LogP contribution in [0.2, 0.25) is 0 Å². The third-order valence-corrected chi connectivity index (χ3v) is 5.51. The number of nitrogens with two attached hydrogens (primary N) is 1. The van der Waals surface area contributed by atoms with E-state index in [9.17, 15) is 0 Å². The number of nitrogens with one attached hydrogen (secondary N) is 1. The van der Waals surface area contributed by atoms with E-state index in [1.165, 1.54) is 48.8 Å². The van der Waals surface area contributed by atoms with Crippen molar-refractivity contribution in [3.8, 4) is 0 Å². The predicted molar refractivity (Wildman–Crippen MR) is 90.2 cm³/mol. The molecule has 1 saturated carbocycles. The maximum Gasteiger partial charge on any atom is 0.0435 e. The maximum atomic E-state index is 6.00. The summed E-state index contributed by atoms with van der Waals surface area (Å²) in [5, 5.41) is 0. The van der Waals surface area contributed by atoms with Gasteiger partial charge in [-0.2, -0.15) is 0 Å². The molecule has 1 aliphatic carbocycles. The number of hydrogen-bond acceptors (Lipinski definition) is 3. The van der Waals surface area contributed by atoms with Crippen LogP contribution in [-0.4, -0.2) is 30.6 Å². The first kappa shape index (κ1) is 16.5. The second kappa shape index (κ2) is 6.91. The minimum absolute atomic E-state index is 0.182. The van der Waals surface area contributed by atoms with Gasteiger partial charge in [0.15, 0.2) is 0 Å². The molecule has 0 saturated heterocycles. The molecule has 3 nitrogen and oxygen atoms in total. The number of benzene rings is 1. The summed E-state index contributed by atoms with van der Waals surface area (Å²) < 4.78 is 0. The highest BCUT2D eigenvalue weighted by Gasteiger charge is 2.41. The minimum atomic E-state index is 0.182. The number of rotatable bonds is 5. The van der Waals surface area contributed by atoms with E-state index in [0.717, 1.165) is 6.42 Å². The van der Waals surface area contributed by atoms with E-state index in [0.29, 0.717) is 6.04 Å². The molecule has 0 aliphatic heterocycles. The fourth-order valence-corrected chi connectivity index (χ4v) is 4.05. The highest BCUT2D eigenvalue weighted by molar-refractivity contribution is 5.34. The number of likely N-dealkylation sites (N-methyl/N-ethyl adjacent to an activating group) is 1. The molecular weight excluding hydrogens is 258 g/mol. The van der Waals surface area contributed by atoms with E-state index in [4.69, 9.17) is 5.84 Å². The lowest BCUT2D eigenvalue weighted by molar-refractivity contribution is 0.0568. The summed E-state index contributed by atoms with van der Waals surface area (Å²) in [7, 11) is 4.42. The third-order valence-electron chi connectivity index (χ3n) is 5.51. The summed E-state index contributed by atoms with van der Waals surface area (Å²) in [5.74, 6) is 6.00. The van der Waals surface area contributed by atoms with Crippen molar-refractivity contribution in [3.05, 3.63) is 34.9 Å². The molecule has 0 heterocycles. The van der Waals surface area contributed by atoms with Crippen LogP contribution < -0.4 is 11.3 Å². The predicted octanol–water partition coefficient (Wildman–Crippen LogP) is 2.94. The SMILES string of the molecule is Cc1cccc(C)c1CC(NN)C1(N(C)C)CCCCC1. The van der Waals surface area contributed by atoms with Gasteiger partial charge in [-0.15, -0.1) is 0 Å². The van der Waals surface area contributed by atoms with Crippen molar-refractivity contribution in [2.45, 2.75) is 64.0 Å². The van der Waals surface area contributed by atoms with Crippen molar-refractivity contribution in [3.63, 3.8) is 0 Å². The van der Waals surface area contributed by atoms with Crippen LogP contribution in [0.15, 0.2) is 18.2 Å². The molecule has 0 bridgehead atoms. The van der Waals surface area contributed by atoms with Crippen LogP contribution in [0.5, 0.6) is 0 Å². The Morgan fingerprint density at radius 1 is 1.14 bits per heavy atom. The number of nitrogens with zero attached hydrogens (tertiary/aromatic N) is 1. The fraction of sp³-hybridized carbons (Fsp3) is 0.667. The van der Waals surface area contributed by atoms with Gasteiger partial charge in [-0.05, 0) is 63.9 Å². The zero-order valence-corrected chi connectivity index (χ0v) is 14.1. The van der Waals surface area contributed by atoms with Crippen LogP contribution in [-0.2, 0) is 6.42 Å². The average molecular weight is 289 g/mol. The van der Waals surface area contributed by atoms with Gasteiger partial charge < -0.3 is 4.90 Å². The molecule has 3 heteroatoms. The molecule has 1 fully saturated rings. The van der Waals surface area contributed by atoms with E-state index in [1.807, 2.05) is 0 Å². The zero-order valence-electron chi connectivity index (χ0n) is 14.1. The molecular formula is C18H31N3. The Bertz CT molecular complexity index is 441. The molecule has 3 N–H and O–H groups in total. The van der Waals surface area contributed by atoms with Crippen molar-refractivity contribution in [2.24, 2.45) is 5.84 Å². The van der Waals surface area contributed by atoms with E-state index in [2.05, 4.69) is 56.5 Å². The summed E-state index contributed by atoms with van der Waals surface area (Å²) in [4.78, 5) is 2.41. The molecule has 1 unspecified atom stereocenters. The van der Waals surface area contributed by atoms with Gasteiger partial charge in [0.2, 0.25) is 0 Å². The van der Waals surface area contributed by atoms with Crippen LogP contribution in [0.4, 0.5) is 0 Å². The number of hydrazine groups is 1. The number of aryl methyl sites for hydroxylation is 2. The summed E-state index contributed by atoms with van der Waals surface area (Å²) in [6.45, 7) is 4.41. The molecule has 1 aliphatic rings. The lowest BCUT2D eigenvalue weighted by Crippen LogP contribution is -2.62. The van der Waals surface area contributed by atoms with Crippen molar-refractivity contribution in [2.75, 3.05) is 14.1 Å². The first-order valence-corrected chi connectivity index (χ1v) is 8.20. The Kier molecular flexibility index (Phi) is 5.42. The Morgan fingerprint density at radius 3 is 2.19 bits per heavy atom. The van der Waals surface area contributed by atoms with Crippen LogP contribution in [0.3, 0.4) is 0 Å². The topological polar surface area (TPSA) is 41.3 Å². The van der Waals surface area contributed by atoms with Crippen molar-refractivity contribution in [1.29, 1.82) is 0 Å². The molecule has 0 aromatic heterocycles. The van der Waals surface area contributed by atoms with Gasteiger partial charge in [-0.25, -0.2) is 0 Å². The lowest BCUT2D eigenvalue weighted by atomic mass is 9.73. The number of hydrogen-bond donors (Lipinski definition) is 2. The van der Waals surface area contributed by atoms with Gasteiger partial charge in [0.05, 0.1) is 0 Å². The van der Waals surface area contributed by atoms with E-state index >= 15 is 0 Å². The highest BCUT2D eigenvalue weighted by Crippen LogP contribution is 2.36. The van der Waals surface area contributed by atoms with Crippen molar-refractivity contribution < 1.29 is 0 Å². The maximum absolute atomic E-state index is 6.00. The summed E-state index contributed by atoms with van der Waals surface area (Å²) in [5.41, 5.74) is 7.54. The van der Waals surface area contributed by atoms with Gasteiger partial charge in [0.1, 0.15) is 0 Å². The molecule has 1 atom stereocenters. The van der Waals surface area contributed by atoms with E-state index in [1.54, 1.807) is 0 Å². The average Bonchev–Trinajstić information content (AvgIpc) is 2.47. The largest absolute Gasteiger partial charge is 0.302 e. The summed E-state index contributed by atoms with van der Waals surface area (Å²) >= 11 is 0. The Balaban J connectivity index is 2.29. The second-order valence-corrected chi connectivity index (χ2v) is 6.85. The Labute approximate surface area is 129 Å². The van der Waals surface area contributed by atoms with Gasteiger partial charge >= 0.3 is 0 Å². The van der Waals surface area contributed by atoms with Crippen molar-refractivity contribution >= 4 is 0 Å². The molecule has 0 radical (unpaired) electrons. The van der Waals surface area contributed by atoms with Crippen LogP contribution in [0.25, 0.3) is 0 Å². The molecule has 118 valence electrons. The van der Waals surface area contributed by atoms with Gasteiger partial charge in [0, 0.05) is 11.6 Å². The van der Waals surface area contributed by atoms with Gasteiger partial charge in [-0.1, -0.05) is 37.5 Å². The molecule has 1 aromatic rings. The van der Waals surface area contributed by atoms with E-state index < -0.39 is 0 Å². The molecule has 1 aromatic carbocycles. The van der Waals surface area contributed by atoms with Crippen LogP contribution in [0, 0.1) is 13.8 Å². The third kappa shape index (κ3) is 3.31. The highest BCUT2D eigenvalue weighted by atomic mass is 15.3. The first-order chi connectivity index (χ1) is 10.0. The fourth-order valence-electron chi connectivity index (χ4n) is 4.05. The van der Waals surface area contributed by atoms with Crippen LogP contribution in [0.1, 0.15) is 48.8 Å². The Hall–Kier alpha value is -0.900. The van der Waals surface area contributed by atoms with Gasteiger partial charge in [0.25, 0.3) is 0 Å². The molecule has 0 spiro atoms. The standard InChI is InChI=1S/C18H31N3/c1-14-9-8-10-15(2)16(14)13-17(20-19)18(21(3)4)11-6-5-7-12-18/h8-10,17,20H,5-7,11-13,19H2,1-4H3. The minimum Gasteiger partial charge on any atom is -0.302 e. The summed E-state index contributed by atoms with van der Waals surface area (Å²) in [6, 6.07) is 6.85. The smallest absolute Gasteiger partial charge is 0.0435 e.